The van der Waals surface area contributed by atoms with E-state index in [4.69, 9.17) is 10.8 Å². The summed E-state index contributed by atoms with van der Waals surface area (Å²) < 4.78 is 3.11. The zero-order valence-electron chi connectivity index (χ0n) is 17.9. The highest BCUT2D eigenvalue weighted by atomic mass is 79.9. The Morgan fingerprint density at radius 3 is 2.81 bits per heavy atom. The summed E-state index contributed by atoms with van der Waals surface area (Å²) in [6.07, 6.45) is 5.51. The molecule has 3 aromatic rings. The third-order valence-electron chi connectivity index (χ3n) is 6.41. The number of halogens is 1. The van der Waals surface area contributed by atoms with E-state index in [9.17, 15) is 4.79 Å². The predicted octanol–water partition coefficient (Wildman–Crippen LogP) is 4.92. The number of aryl methyl sites for hydroxylation is 1. The summed E-state index contributed by atoms with van der Waals surface area (Å²) in [5.74, 6) is 1.77. The van der Waals surface area contributed by atoms with Crippen LogP contribution in [0.5, 0.6) is 0 Å². The Kier molecular flexibility index (Phi) is 5.99. The zero-order chi connectivity index (χ0) is 22.2. The summed E-state index contributed by atoms with van der Waals surface area (Å²) >= 11 is 5.32. The van der Waals surface area contributed by atoms with Crippen molar-refractivity contribution in [1.29, 1.82) is 0 Å². The van der Waals surface area contributed by atoms with Gasteiger partial charge in [0.2, 0.25) is 5.91 Å². The second-order valence-electron chi connectivity index (χ2n) is 8.62. The highest BCUT2D eigenvalue weighted by Gasteiger charge is 2.35. The first kappa shape index (κ1) is 21.5. The number of aromatic nitrogens is 3. The summed E-state index contributed by atoms with van der Waals surface area (Å²) in [6.45, 7) is 2.97. The van der Waals surface area contributed by atoms with Crippen molar-refractivity contribution in [3.63, 3.8) is 0 Å². The summed E-state index contributed by atoms with van der Waals surface area (Å²) in [4.78, 5) is 16.9. The van der Waals surface area contributed by atoms with E-state index in [0.717, 1.165) is 33.8 Å². The zero-order valence-corrected chi connectivity index (χ0v) is 20.3. The molecule has 2 aromatic heterocycles. The molecular formula is C24H26BrN5OS. The van der Waals surface area contributed by atoms with Crippen molar-refractivity contribution in [3.05, 3.63) is 63.8 Å². The monoisotopic (exact) mass is 511 g/mol. The van der Waals surface area contributed by atoms with Crippen molar-refractivity contribution in [1.82, 2.24) is 14.8 Å². The van der Waals surface area contributed by atoms with Gasteiger partial charge in [0.25, 0.3) is 0 Å². The Bertz CT molecular complexity index is 1140. The second-order valence-corrected chi connectivity index (χ2v) is 10.7. The normalized spacial score (nSPS) is 20.7. The fourth-order valence-corrected chi connectivity index (χ4v) is 6.38. The third-order valence-corrected chi connectivity index (χ3v) is 8.25. The van der Waals surface area contributed by atoms with E-state index < -0.39 is 6.04 Å². The molecule has 2 atom stereocenters. The van der Waals surface area contributed by atoms with Gasteiger partial charge in [-0.15, -0.1) is 11.8 Å². The van der Waals surface area contributed by atoms with E-state index in [1.807, 2.05) is 18.2 Å². The number of thioether (sulfide) groups is 1. The molecule has 1 aliphatic heterocycles. The van der Waals surface area contributed by atoms with Crippen LogP contribution in [0.4, 0.5) is 5.82 Å². The molecule has 0 radical (unpaired) electrons. The summed E-state index contributed by atoms with van der Waals surface area (Å²) in [5, 5.41) is 8.54. The van der Waals surface area contributed by atoms with Crippen LogP contribution in [0.15, 0.2) is 47.1 Å². The molecule has 6 nitrogen and oxygen atoms in total. The number of carbonyl (C=O) groups excluding carboxylic acids is 1. The lowest BCUT2D eigenvalue weighted by Gasteiger charge is -2.26. The molecular weight excluding hydrogens is 486 g/mol. The van der Waals surface area contributed by atoms with Gasteiger partial charge in [0.15, 0.2) is 0 Å². The van der Waals surface area contributed by atoms with Gasteiger partial charge in [0.05, 0.1) is 10.9 Å². The number of fused-ring (bicyclic) bond motifs is 1. The number of rotatable bonds is 5. The largest absolute Gasteiger partial charge is 0.368 e. The predicted molar refractivity (Wildman–Crippen MR) is 133 cm³/mol. The SMILES string of the molecule is Cc1cc(Br)ccc1C1SCC(C(N)=O)Nc2c1c(-c1ccccn1)nn2CC1CCC1. The number of nitrogens with one attached hydrogen (secondary N) is 1. The van der Waals surface area contributed by atoms with E-state index in [1.165, 1.54) is 30.4 Å². The smallest absolute Gasteiger partial charge is 0.240 e. The maximum atomic E-state index is 12.2. The van der Waals surface area contributed by atoms with Gasteiger partial charge in [-0.3, -0.25) is 9.78 Å². The van der Waals surface area contributed by atoms with Crippen molar-refractivity contribution >= 4 is 39.4 Å². The number of anilines is 1. The van der Waals surface area contributed by atoms with E-state index in [0.29, 0.717) is 11.7 Å². The highest BCUT2D eigenvalue weighted by Crippen LogP contribution is 2.48. The maximum absolute atomic E-state index is 12.2. The molecule has 32 heavy (non-hydrogen) atoms. The van der Waals surface area contributed by atoms with Crippen molar-refractivity contribution < 1.29 is 4.79 Å². The first-order valence-corrected chi connectivity index (χ1v) is 12.8. The molecule has 2 unspecified atom stereocenters. The molecule has 0 bridgehead atoms. The van der Waals surface area contributed by atoms with Gasteiger partial charge in [-0.1, -0.05) is 34.5 Å². The number of amides is 1. The quantitative estimate of drug-likeness (QED) is 0.507. The molecule has 2 aliphatic rings. The van der Waals surface area contributed by atoms with Crippen LogP contribution < -0.4 is 11.1 Å². The summed E-state index contributed by atoms with van der Waals surface area (Å²) in [5.41, 5.74) is 11.0. The van der Waals surface area contributed by atoms with E-state index >= 15 is 0 Å². The first-order chi connectivity index (χ1) is 15.5. The van der Waals surface area contributed by atoms with Crippen LogP contribution in [0.25, 0.3) is 11.4 Å². The number of hydrogen-bond acceptors (Lipinski definition) is 5. The van der Waals surface area contributed by atoms with E-state index in [-0.39, 0.29) is 11.2 Å². The van der Waals surface area contributed by atoms with Crippen molar-refractivity contribution in [2.24, 2.45) is 11.7 Å². The van der Waals surface area contributed by atoms with Crippen LogP contribution in [0, 0.1) is 12.8 Å². The standard InChI is InChI=1S/C24H26BrN5OS/c1-14-11-16(25)8-9-17(14)22-20-21(18-7-2-3-10-27-18)29-30(12-15-5-4-6-15)24(20)28-19(13-32-22)23(26)31/h2-3,7-11,15,19,22,28H,4-6,12-13H2,1H3,(H2,26,31). The van der Waals surface area contributed by atoms with Crippen LogP contribution >= 0.6 is 27.7 Å². The fraction of sp³-hybridized carbons (Fsp3) is 0.375. The van der Waals surface area contributed by atoms with Gasteiger partial charge in [-0.25, -0.2) is 4.68 Å². The number of carbonyl (C=O) groups is 1. The molecule has 1 amide bonds. The number of hydrogen-bond donors (Lipinski definition) is 2. The van der Waals surface area contributed by atoms with Crippen LogP contribution in [0.2, 0.25) is 0 Å². The first-order valence-electron chi connectivity index (χ1n) is 11.0. The Morgan fingerprint density at radius 1 is 1.31 bits per heavy atom. The van der Waals surface area contributed by atoms with Crippen molar-refractivity contribution in [2.75, 3.05) is 11.1 Å². The number of benzene rings is 1. The highest BCUT2D eigenvalue weighted by molar-refractivity contribution is 9.10. The molecule has 0 saturated heterocycles. The Morgan fingerprint density at radius 2 is 2.16 bits per heavy atom. The molecule has 0 spiro atoms. The van der Waals surface area contributed by atoms with E-state index in [1.54, 1.807) is 18.0 Å². The maximum Gasteiger partial charge on any atom is 0.240 e. The second kappa shape index (κ2) is 8.90. The molecule has 1 aromatic carbocycles. The average Bonchev–Trinajstić information content (AvgIpc) is 2.97. The number of primary amides is 1. The number of nitrogens with two attached hydrogens (primary N) is 1. The molecule has 1 fully saturated rings. The molecule has 1 aliphatic carbocycles. The lowest BCUT2D eigenvalue weighted by atomic mass is 9.85. The lowest BCUT2D eigenvalue weighted by Crippen LogP contribution is -2.37. The molecule has 1 saturated carbocycles. The van der Waals surface area contributed by atoms with Gasteiger partial charge in [0.1, 0.15) is 17.6 Å². The van der Waals surface area contributed by atoms with Gasteiger partial charge >= 0.3 is 0 Å². The minimum absolute atomic E-state index is 0.0158. The third kappa shape index (κ3) is 4.06. The van der Waals surface area contributed by atoms with Gasteiger partial charge < -0.3 is 11.1 Å². The van der Waals surface area contributed by atoms with Crippen molar-refractivity contribution in [2.45, 2.75) is 44.0 Å². The molecule has 166 valence electrons. The molecule has 8 heteroatoms. The Balaban J connectivity index is 1.71. The number of nitrogens with zero attached hydrogens (tertiary/aromatic N) is 3. The fourth-order valence-electron chi connectivity index (χ4n) is 4.43. The minimum atomic E-state index is -0.451. The average molecular weight is 512 g/mol. The van der Waals surface area contributed by atoms with Crippen LogP contribution in [0.1, 0.15) is 41.2 Å². The molecule has 3 N–H and O–H groups in total. The van der Waals surface area contributed by atoms with Crippen LogP contribution in [0.3, 0.4) is 0 Å². The van der Waals surface area contributed by atoms with Crippen LogP contribution in [-0.2, 0) is 11.3 Å². The van der Waals surface area contributed by atoms with Crippen LogP contribution in [-0.4, -0.2) is 32.5 Å². The summed E-state index contributed by atoms with van der Waals surface area (Å²) in [6, 6.07) is 11.8. The minimum Gasteiger partial charge on any atom is -0.368 e. The van der Waals surface area contributed by atoms with Gasteiger partial charge in [-0.2, -0.15) is 5.10 Å². The Hall–Kier alpha value is -2.32. The van der Waals surface area contributed by atoms with Gasteiger partial charge in [0, 0.05) is 28.5 Å². The van der Waals surface area contributed by atoms with E-state index in [2.05, 4.69) is 56.0 Å². The summed E-state index contributed by atoms with van der Waals surface area (Å²) in [7, 11) is 0. The Labute approximate surface area is 200 Å². The topological polar surface area (TPSA) is 85.8 Å². The van der Waals surface area contributed by atoms with Crippen molar-refractivity contribution in [3.8, 4) is 11.4 Å². The van der Waals surface area contributed by atoms with Gasteiger partial charge in [-0.05, 0) is 61.1 Å². The number of pyridine rings is 1. The molecule has 5 rings (SSSR count). The lowest BCUT2D eigenvalue weighted by molar-refractivity contribution is -0.118. The molecule has 3 heterocycles.